The Bertz CT molecular complexity index is 685. The Morgan fingerprint density at radius 1 is 1.22 bits per heavy atom. The smallest absolute Gasteiger partial charge is 0.240 e. The van der Waals surface area contributed by atoms with Gasteiger partial charge in [-0.2, -0.15) is 0 Å². The summed E-state index contributed by atoms with van der Waals surface area (Å²) >= 11 is 0. The van der Waals surface area contributed by atoms with Gasteiger partial charge >= 0.3 is 0 Å². The van der Waals surface area contributed by atoms with E-state index in [1.807, 2.05) is 0 Å². The standard InChI is InChI=1S/C15H21N3O4S/c1-11(19)18-9-3-4-12(10-18)15(20)17-13-5-7-14(8-6-13)23(21,22)16-2/h5-8,12,16H,3-4,9-10H2,1-2H3,(H,17,20)/t12-/m0/s1. The van der Waals surface area contributed by atoms with Gasteiger partial charge in [0, 0.05) is 25.7 Å². The summed E-state index contributed by atoms with van der Waals surface area (Å²) in [5, 5.41) is 2.78. The van der Waals surface area contributed by atoms with Gasteiger partial charge in [0.25, 0.3) is 0 Å². The number of carbonyl (C=O) groups excluding carboxylic acids is 2. The summed E-state index contributed by atoms with van der Waals surface area (Å²) in [5.41, 5.74) is 0.532. The summed E-state index contributed by atoms with van der Waals surface area (Å²) in [6, 6.07) is 5.97. The van der Waals surface area contributed by atoms with E-state index in [-0.39, 0.29) is 22.6 Å². The molecule has 23 heavy (non-hydrogen) atoms. The molecule has 1 aromatic carbocycles. The number of sulfonamides is 1. The molecule has 0 unspecified atom stereocenters. The average Bonchev–Trinajstić information content (AvgIpc) is 2.55. The van der Waals surface area contributed by atoms with Gasteiger partial charge in [0.2, 0.25) is 21.8 Å². The maximum Gasteiger partial charge on any atom is 0.240 e. The van der Waals surface area contributed by atoms with Gasteiger partial charge in [0.1, 0.15) is 0 Å². The van der Waals surface area contributed by atoms with E-state index in [0.29, 0.717) is 18.8 Å². The molecule has 0 aromatic heterocycles. The molecule has 0 spiro atoms. The number of likely N-dealkylation sites (tertiary alicyclic amines) is 1. The number of piperidine rings is 1. The second-order valence-corrected chi connectivity index (χ2v) is 7.41. The number of amides is 2. The molecular formula is C15H21N3O4S. The number of anilines is 1. The van der Waals surface area contributed by atoms with Gasteiger partial charge in [-0.1, -0.05) is 0 Å². The predicted octanol–water partition coefficient (Wildman–Crippen LogP) is 0.792. The predicted molar refractivity (Wildman–Crippen MR) is 86.3 cm³/mol. The van der Waals surface area contributed by atoms with E-state index in [9.17, 15) is 18.0 Å². The maximum atomic E-state index is 12.3. The number of hydrogen-bond donors (Lipinski definition) is 2. The first kappa shape index (κ1) is 17.4. The lowest BCUT2D eigenvalue weighted by Crippen LogP contribution is -2.42. The molecule has 1 fully saturated rings. The third-order valence-corrected chi connectivity index (χ3v) is 5.37. The highest BCUT2D eigenvalue weighted by Crippen LogP contribution is 2.20. The zero-order valence-electron chi connectivity index (χ0n) is 13.2. The lowest BCUT2D eigenvalue weighted by molar-refractivity contribution is -0.132. The van der Waals surface area contributed by atoms with Crippen LogP contribution in [0.15, 0.2) is 29.2 Å². The van der Waals surface area contributed by atoms with Crippen LogP contribution < -0.4 is 10.0 Å². The summed E-state index contributed by atoms with van der Waals surface area (Å²) in [4.78, 5) is 25.5. The topological polar surface area (TPSA) is 95.6 Å². The number of nitrogens with zero attached hydrogens (tertiary/aromatic N) is 1. The molecule has 1 saturated heterocycles. The van der Waals surface area contributed by atoms with Crippen LogP contribution in [0.1, 0.15) is 19.8 Å². The SMILES string of the molecule is CNS(=O)(=O)c1ccc(NC(=O)[C@H]2CCCN(C(C)=O)C2)cc1. The summed E-state index contributed by atoms with van der Waals surface area (Å²) in [6.45, 7) is 2.62. The van der Waals surface area contributed by atoms with Gasteiger partial charge in [-0.3, -0.25) is 9.59 Å². The van der Waals surface area contributed by atoms with Gasteiger partial charge in [0.05, 0.1) is 10.8 Å². The molecule has 2 N–H and O–H groups in total. The molecule has 1 aromatic rings. The fourth-order valence-electron chi connectivity index (χ4n) is 2.56. The number of rotatable bonds is 4. The lowest BCUT2D eigenvalue weighted by Gasteiger charge is -2.31. The zero-order chi connectivity index (χ0) is 17.0. The fraction of sp³-hybridized carbons (Fsp3) is 0.467. The molecule has 0 bridgehead atoms. The number of nitrogens with one attached hydrogen (secondary N) is 2. The van der Waals surface area contributed by atoms with Crippen LogP contribution in [0.5, 0.6) is 0 Å². The molecule has 0 saturated carbocycles. The van der Waals surface area contributed by atoms with Crippen molar-refractivity contribution in [3.8, 4) is 0 Å². The average molecular weight is 339 g/mol. The molecule has 0 radical (unpaired) electrons. The molecule has 1 atom stereocenters. The van der Waals surface area contributed by atoms with Crippen molar-refractivity contribution in [2.75, 3.05) is 25.5 Å². The van der Waals surface area contributed by atoms with Gasteiger partial charge in [-0.05, 0) is 44.2 Å². The van der Waals surface area contributed by atoms with Crippen LogP contribution in [0.2, 0.25) is 0 Å². The monoisotopic (exact) mass is 339 g/mol. The van der Waals surface area contributed by atoms with Crippen molar-refractivity contribution < 1.29 is 18.0 Å². The number of benzene rings is 1. The fourth-order valence-corrected chi connectivity index (χ4v) is 3.29. The number of hydrogen-bond acceptors (Lipinski definition) is 4. The van der Waals surface area contributed by atoms with E-state index in [2.05, 4.69) is 10.0 Å². The molecule has 2 rings (SSSR count). The van der Waals surface area contributed by atoms with E-state index in [1.165, 1.54) is 26.1 Å². The molecule has 126 valence electrons. The second kappa shape index (κ2) is 7.10. The molecule has 1 heterocycles. The van der Waals surface area contributed by atoms with E-state index in [1.54, 1.807) is 17.0 Å². The largest absolute Gasteiger partial charge is 0.342 e. The van der Waals surface area contributed by atoms with Crippen LogP contribution in [-0.4, -0.2) is 45.3 Å². The molecular weight excluding hydrogens is 318 g/mol. The highest BCUT2D eigenvalue weighted by atomic mass is 32.2. The first-order valence-corrected chi connectivity index (χ1v) is 8.92. The Kier molecular flexibility index (Phi) is 5.38. The second-order valence-electron chi connectivity index (χ2n) is 5.53. The lowest BCUT2D eigenvalue weighted by atomic mass is 9.97. The van der Waals surface area contributed by atoms with Gasteiger partial charge < -0.3 is 10.2 Å². The summed E-state index contributed by atoms with van der Waals surface area (Å²) < 4.78 is 25.5. The molecule has 1 aliphatic rings. The zero-order valence-corrected chi connectivity index (χ0v) is 14.0. The first-order chi connectivity index (χ1) is 10.8. The van der Waals surface area contributed by atoms with Crippen molar-refractivity contribution in [3.63, 3.8) is 0 Å². The van der Waals surface area contributed by atoms with E-state index in [0.717, 1.165) is 12.8 Å². The quantitative estimate of drug-likeness (QED) is 0.848. The Labute approximate surface area is 136 Å². The Balaban J connectivity index is 2.01. The van der Waals surface area contributed by atoms with Crippen molar-refractivity contribution in [3.05, 3.63) is 24.3 Å². The van der Waals surface area contributed by atoms with Crippen molar-refractivity contribution in [1.29, 1.82) is 0 Å². The third-order valence-electron chi connectivity index (χ3n) is 3.94. The first-order valence-electron chi connectivity index (χ1n) is 7.43. The molecule has 1 aliphatic heterocycles. The van der Waals surface area contributed by atoms with Crippen molar-refractivity contribution in [2.45, 2.75) is 24.7 Å². The molecule has 7 nitrogen and oxygen atoms in total. The Morgan fingerprint density at radius 3 is 2.43 bits per heavy atom. The van der Waals surface area contributed by atoms with Crippen LogP contribution in [0.4, 0.5) is 5.69 Å². The van der Waals surface area contributed by atoms with Crippen LogP contribution >= 0.6 is 0 Å². The summed E-state index contributed by atoms with van der Waals surface area (Å²) in [6.07, 6.45) is 1.54. The van der Waals surface area contributed by atoms with Gasteiger partial charge in [-0.25, -0.2) is 13.1 Å². The summed E-state index contributed by atoms with van der Waals surface area (Å²) in [5.74, 6) is -0.419. The van der Waals surface area contributed by atoms with Crippen molar-refractivity contribution >= 4 is 27.5 Å². The van der Waals surface area contributed by atoms with E-state index >= 15 is 0 Å². The Hall–Kier alpha value is -1.93. The van der Waals surface area contributed by atoms with E-state index in [4.69, 9.17) is 0 Å². The summed E-state index contributed by atoms with van der Waals surface area (Å²) in [7, 11) is -2.15. The molecule has 2 amide bonds. The van der Waals surface area contributed by atoms with Gasteiger partial charge in [-0.15, -0.1) is 0 Å². The number of carbonyl (C=O) groups is 2. The van der Waals surface area contributed by atoms with Crippen molar-refractivity contribution in [2.24, 2.45) is 5.92 Å². The molecule has 0 aliphatic carbocycles. The van der Waals surface area contributed by atoms with Crippen LogP contribution in [-0.2, 0) is 19.6 Å². The van der Waals surface area contributed by atoms with E-state index < -0.39 is 10.0 Å². The normalized spacial score (nSPS) is 18.5. The highest BCUT2D eigenvalue weighted by molar-refractivity contribution is 7.89. The third kappa shape index (κ3) is 4.29. The minimum Gasteiger partial charge on any atom is -0.342 e. The minimum absolute atomic E-state index is 0.0240. The highest BCUT2D eigenvalue weighted by Gasteiger charge is 2.27. The van der Waals surface area contributed by atoms with Crippen LogP contribution in [0.3, 0.4) is 0 Å². The van der Waals surface area contributed by atoms with Crippen LogP contribution in [0.25, 0.3) is 0 Å². The van der Waals surface area contributed by atoms with Crippen molar-refractivity contribution in [1.82, 2.24) is 9.62 Å². The Morgan fingerprint density at radius 2 is 1.87 bits per heavy atom. The minimum atomic E-state index is -3.49. The molecule has 8 heteroatoms. The van der Waals surface area contributed by atoms with Crippen LogP contribution in [0, 0.1) is 5.92 Å². The maximum absolute atomic E-state index is 12.3. The van der Waals surface area contributed by atoms with Gasteiger partial charge in [0.15, 0.2) is 0 Å².